The molecule has 1 rings (SSSR count). The Morgan fingerprint density at radius 3 is 2.53 bits per heavy atom. The second kappa shape index (κ2) is 7.30. The molecular formula is C15H30. The van der Waals surface area contributed by atoms with Gasteiger partial charge in [0.2, 0.25) is 0 Å². The van der Waals surface area contributed by atoms with Gasteiger partial charge in [-0.1, -0.05) is 72.1 Å². The summed E-state index contributed by atoms with van der Waals surface area (Å²) in [6.45, 7) is 7.23. The SMILES string of the molecule is CCCCCCC1CCCC(C)CC1C. The van der Waals surface area contributed by atoms with Crippen molar-refractivity contribution in [3.8, 4) is 0 Å². The Hall–Kier alpha value is 0. The molecule has 1 saturated carbocycles. The van der Waals surface area contributed by atoms with Gasteiger partial charge in [0.1, 0.15) is 0 Å². The van der Waals surface area contributed by atoms with Crippen molar-refractivity contribution in [3.05, 3.63) is 0 Å². The third-order valence-corrected chi connectivity index (χ3v) is 4.28. The first-order valence-electron chi connectivity index (χ1n) is 7.24. The molecule has 0 bridgehead atoms. The van der Waals surface area contributed by atoms with E-state index in [0.29, 0.717) is 0 Å². The third-order valence-electron chi connectivity index (χ3n) is 4.28. The standard InChI is InChI=1S/C15H30/c1-4-5-6-7-10-15-11-8-9-13(2)12-14(15)3/h13-15H,4-12H2,1-3H3. The van der Waals surface area contributed by atoms with Crippen LogP contribution in [0.25, 0.3) is 0 Å². The zero-order valence-electron chi connectivity index (χ0n) is 11.1. The van der Waals surface area contributed by atoms with Crippen LogP contribution >= 0.6 is 0 Å². The molecule has 0 aliphatic heterocycles. The van der Waals surface area contributed by atoms with Crippen molar-refractivity contribution in [1.82, 2.24) is 0 Å². The maximum Gasteiger partial charge on any atom is -0.0388 e. The summed E-state index contributed by atoms with van der Waals surface area (Å²) in [4.78, 5) is 0. The van der Waals surface area contributed by atoms with E-state index in [0.717, 1.165) is 17.8 Å². The first-order chi connectivity index (χ1) is 7.24. The first-order valence-corrected chi connectivity index (χ1v) is 7.24. The molecule has 0 aromatic heterocycles. The molecule has 90 valence electrons. The van der Waals surface area contributed by atoms with Gasteiger partial charge < -0.3 is 0 Å². The molecule has 1 aliphatic carbocycles. The molecule has 0 spiro atoms. The highest BCUT2D eigenvalue weighted by Crippen LogP contribution is 2.34. The zero-order chi connectivity index (χ0) is 11.1. The molecule has 0 radical (unpaired) electrons. The quantitative estimate of drug-likeness (QED) is 0.420. The van der Waals surface area contributed by atoms with Crippen molar-refractivity contribution < 1.29 is 0 Å². The van der Waals surface area contributed by atoms with Crippen LogP contribution in [0, 0.1) is 17.8 Å². The van der Waals surface area contributed by atoms with Gasteiger partial charge in [-0.05, 0) is 24.2 Å². The van der Waals surface area contributed by atoms with E-state index in [2.05, 4.69) is 20.8 Å². The van der Waals surface area contributed by atoms with Gasteiger partial charge in [0, 0.05) is 0 Å². The summed E-state index contributed by atoms with van der Waals surface area (Å²) < 4.78 is 0. The van der Waals surface area contributed by atoms with Crippen LogP contribution in [-0.4, -0.2) is 0 Å². The average molecular weight is 210 g/mol. The molecular weight excluding hydrogens is 180 g/mol. The fourth-order valence-corrected chi connectivity index (χ4v) is 3.22. The first kappa shape index (κ1) is 13.1. The lowest BCUT2D eigenvalue weighted by Gasteiger charge is -2.22. The minimum atomic E-state index is 0.987. The number of rotatable bonds is 5. The van der Waals surface area contributed by atoms with Gasteiger partial charge in [0.05, 0.1) is 0 Å². The van der Waals surface area contributed by atoms with Gasteiger partial charge in [0.15, 0.2) is 0 Å². The van der Waals surface area contributed by atoms with Crippen molar-refractivity contribution in [3.63, 3.8) is 0 Å². The highest BCUT2D eigenvalue weighted by Gasteiger charge is 2.22. The Bertz CT molecular complexity index is 150. The molecule has 0 saturated heterocycles. The molecule has 3 unspecified atom stereocenters. The van der Waals surface area contributed by atoms with Crippen LogP contribution < -0.4 is 0 Å². The summed E-state index contributed by atoms with van der Waals surface area (Å²) in [6, 6.07) is 0. The highest BCUT2D eigenvalue weighted by molar-refractivity contribution is 4.73. The Labute approximate surface area is 96.8 Å². The molecule has 0 aromatic rings. The summed E-state index contributed by atoms with van der Waals surface area (Å²) in [6.07, 6.45) is 13.2. The normalized spacial score (nSPS) is 32.6. The van der Waals surface area contributed by atoms with E-state index in [1.54, 1.807) is 0 Å². The molecule has 0 N–H and O–H groups in total. The summed E-state index contributed by atoms with van der Waals surface area (Å²) in [5.74, 6) is 3.02. The lowest BCUT2D eigenvalue weighted by atomic mass is 9.84. The van der Waals surface area contributed by atoms with Crippen LogP contribution in [0.4, 0.5) is 0 Å². The van der Waals surface area contributed by atoms with Gasteiger partial charge in [-0.3, -0.25) is 0 Å². The minimum Gasteiger partial charge on any atom is -0.0654 e. The molecule has 0 heterocycles. The largest absolute Gasteiger partial charge is 0.0654 e. The minimum absolute atomic E-state index is 0.987. The monoisotopic (exact) mass is 210 g/mol. The number of hydrogen-bond donors (Lipinski definition) is 0. The molecule has 0 aromatic carbocycles. The van der Waals surface area contributed by atoms with E-state index in [-0.39, 0.29) is 0 Å². The second-order valence-corrected chi connectivity index (χ2v) is 5.86. The van der Waals surface area contributed by atoms with Crippen molar-refractivity contribution in [1.29, 1.82) is 0 Å². The van der Waals surface area contributed by atoms with Gasteiger partial charge in [-0.2, -0.15) is 0 Å². The summed E-state index contributed by atoms with van der Waals surface area (Å²) >= 11 is 0. The van der Waals surface area contributed by atoms with Crippen molar-refractivity contribution in [2.24, 2.45) is 17.8 Å². The van der Waals surface area contributed by atoms with Crippen LogP contribution in [-0.2, 0) is 0 Å². The van der Waals surface area contributed by atoms with Gasteiger partial charge in [-0.25, -0.2) is 0 Å². The summed E-state index contributed by atoms with van der Waals surface area (Å²) in [5, 5.41) is 0. The molecule has 0 heteroatoms. The number of hydrogen-bond acceptors (Lipinski definition) is 0. The Morgan fingerprint density at radius 2 is 1.80 bits per heavy atom. The van der Waals surface area contributed by atoms with E-state index in [1.165, 1.54) is 57.8 Å². The van der Waals surface area contributed by atoms with E-state index in [1.807, 2.05) is 0 Å². The maximum atomic E-state index is 2.49. The van der Waals surface area contributed by atoms with E-state index < -0.39 is 0 Å². The molecule has 0 nitrogen and oxygen atoms in total. The second-order valence-electron chi connectivity index (χ2n) is 5.86. The van der Waals surface area contributed by atoms with Crippen LogP contribution in [0.15, 0.2) is 0 Å². The molecule has 1 fully saturated rings. The van der Waals surface area contributed by atoms with Gasteiger partial charge in [-0.15, -0.1) is 0 Å². The highest BCUT2D eigenvalue weighted by atomic mass is 14.3. The molecule has 3 atom stereocenters. The smallest absolute Gasteiger partial charge is 0.0388 e. The van der Waals surface area contributed by atoms with Crippen molar-refractivity contribution in [2.75, 3.05) is 0 Å². The van der Waals surface area contributed by atoms with Gasteiger partial charge >= 0.3 is 0 Å². The summed E-state index contributed by atoms with van der Waals surface area (Å²) in [7, 11) is 0. The van der Waals surface area contributed by atoms with Crippen molar-refractivity contribution >= 4 is 0 Å². The Balaban J connectivity index is 2.20. The topological polar surface area (TPSA) is 0 Å². The van der Waals surface area contributed by atoms with Crippen LogP contribution in [0.2, 0.25) is 0 Å². The Morgan fingerprint density at radius 1 is 1.00 bits per heavy atom. The van der Waals surface area contributed by atoms with Gasteiger partial charge in [0.25, 0.3) is 0 Å². The predicted octanol–water partition coefficient (Wildman–Crippen LogP) is 5.42. The predicted molar refractivity (Wildman–Crippen MR) is 69.0 cm³/mol. The van der Waals surface area contributed by atoms with E-state index >= 15 is 0 Å². The Kier molecular flexibility index (Phi) is 6.36. The fraction of sp³-hybridized carbons (Fsp3) is 1.00. The lowest BCUT2D eigenvalue weighted by Crippen LogP contribution is -2.11. The molecule has 1 aliphatic rings. The van der Waals surface area contributed by atoms with Crippen molar-refractivity contribution in [2.45, 2.75) is 78.6 Å². The third kappa shape index (κ3) is 5.04. The zero-order valence-corrected chi connectivity index (χ0v) is 11.1. The van der Waals surface area contributed by atoms with E-state index in [4.69, 9.17) is 0 Å². The fourth-order valence-electron chi connectivity index (χ4n) is 3.22. The van der Waals surface area contributed by atoms with E-state index in [9.17, 15) is 0 Å². The summed E-state index contributed by atoms with van der Waals surface area (Å²) in [5.41, 5.74) is 0. The lowest BCUT2D eigenvalue weighted by molar-refractivity contribution is 0.292. The number of unbranched alkanes of at least 4 members (excludes halogenated alkanes) is 3. The van der Waals surface area contributed by atoms with Crippen LogP contribution in [0.3, 0.4) is 0 Å². The molecule has 15 heavy (non-hydrogen) atoms. The molecule has 0 amide bonds. The van der Waals surface area contributed by atoms with Crippen LogP contribution in [0.1, 0.15) is 78.6 Å². The average Bonchev–Trinajstić information content (AvgIpc) is 2.35. The maximum absolute atomic E-state index is 2.49. The van der Waals surface area contributed by atoms with Crippen LogP contribution in [0.5, 0.6) is 0 Å².